The number of fused-ring (bicyclic) bond motifs is 1. The lowest BCUT2D eigenvalue weighted by Gasteiger charge is -2.05. The van der Waals surface area contributed by atoms with Crippen LogP contribution in [0.2, 0.25) is 0 Å². The number of hydrogen-bond donors (Lipinski definition) is 1. The van der Waals surface area contributed by atoms with E-state index in [1.807, 2.05) is 6.92 Å². The Morgan fingerprint density at radius 3 is 2.85 bits per heavy atom. The van der Waals surface area contributed by atoms with E-state index in [9.17, 15) is 9.90 Å². The fourth-order valence-corrected chi connectivity index (χ4v) is 1.95. The lowest BCUT2D eigenvalue weighted by atomic mass is 10.0. The van der Waals surface area contributed by atoms with Gasteiger partial charge in [0, 0.05) is 12.0 Å². The van der Waals surface area contributed by atoms with Gasteiger partial charge >= 0.3 is 0 Å². The van der Waals surface area contributed by atoms with Crippen LogP contribution in [0.5, 0.6) is 5.75 Å². The maximum atomic E-state index is 11.4. The zero-order valence-corrected chi connectivity index (χ0v) is 7.63. The lowest BCUT2D eigenvalue weighted by molar-refractivity contribution is 0.0994. The highest BCUT2D eigenvalue weighted by molar-refractivity contribution is 6.01. The normalized spacial score (nSPS) is 14.7. The van der Waals surface area contributed by atoms with E-state index in [-0.39, 0.29) is 11.5 Å². The number of phenolic OH excluding ortho intramolecular Hbond substituents is 1. The zero-order valence-electron chi connectivity index (χ0n) is 7.63. The highest BCUT2D eigenvalue weighted by Crippen LogP contribution is 2.29. The van der Waals surface area contributed by atoms with Crippen LogP contribution in [0.3, 0.4) is 0 Å². The Morgan fingerprint density at radius 1 is 1.38 bits per heavy atom. The molecule has 0 aromatic heterocycles. The summed E-state index contributed by atoms with van der Waals surface area (Å²) < 4.78 is 0. The molecule has 0 aliphatic heterocycles. The van der Waals surface area contributed by atoms with E-state index in [1.165, 1.54) is 0 Å². The zero-order chi connectivity index (χ0) is 9.42. The molecule has 0 radical (unpaired) electrons. The minimum Gasteiger partial charge on any atom is -0.508 e. The van der Waals surface area contributed by atoms with Crippen molar-refractivity contribution in [2.45, 2.75) is 26.2 Å². The van der Waals surface area contributed by atoms with Crippen molar-refractivity contribution in [3.8, 4) is 5.75 Å². The molecule has 0 amide bonds. The van der Waals surface area contributed by atoms with E-state index < -0.39 is 0 Å². The highest BCUT2D eigenvalue weighted by Gasteiger charge is 2.22. The summed E-state index contributed by atoms with van der Waals surface area (Å²) in [4.78, 5) is 11.4. The van der Waals surface area contributed by atoms with Crippen LogP contribution in [-0.2, 0) is 12.8 Å². The van der Waals surface area contributed by atoms with Gasteiger partial charge in [-0.15, -0.1) is 0 Å². The van der Waals surface area contributed by atoms with Gasteiger partial charge < -0.3 is 5.11 Å². The molecular formula is C11H12O2. The van der Waals surface area contributed by atoms with E-state index in [1.54, 1.807) is 12.1 Å². The molecule has 0 fully saturated rings. The third-order valence-corrected chi connectivity index (χ3v) is 2.61. The predicted molar refractivity (Wildman–Crippen MR) is 50.1 cm³/mol. The third kappa shape index (κ3) is 1.22. The van der Waals surface area contributed by atoms with E-state index >= 15 is 0 Å². The van der Waals surface area contributed by atoms with Crippen molar-refractivity contribution in [3.63, 3.8) is 0 Å². The summed E-state index contributed by atoms with van der Waals surface area (Å²) in [5.41, 5.74) is 2.99. The van der Waals surface area contributed by atoms with E-state index in [4.69, 9.17) is 0 Å². The molecule has 1 aliphatic rings. The standard InChI is InChI=1S/C11H12O2/c1-2-7-5-8(12)6-10-9(7)3-4-11(10)13/h5-6,12H,2-4H2,1H3. The number of carbonyl (C=O) groups excluding carboxylic acids is 1. The van der Waals surface area contributed by atoms with Gasteiger partial charge in [0.05, 0.1) is 0 Å². The molecule has 2 nitrogen and oxygen atoms in total. The molecule has 1 aromatic rings. The van der Waals surface area contributed by atoms with Crippen LogP contribution in [0.1, 0.15) is 34.8 Å². The van der Waals surface area contributed by atoms with Crippen molar-refractivity contribution < 1.29 is 9.90 Å². The third-order valence-electron chi connectivity index (χ3n) is 2.61. The van der Waals surface area contributed by atoms with Gasteiger partial charge in [-0.25, -0.2) is 0 Å². The number of aryl methyl sites for hydroxylation is 1. The molecule has 2 rings (SSSR count). The summed E-state index contributed by atoms with van der Waals surface area (Å²) in [5.74, 6) is 0.381. The molecule has 0 saturated carbocycles. The second-order valence-corrected chi connectivity index (χ2v) is 3.41. The molecule has 68 valence electrons. The van der Waals surface area contributed by atoms with Crippen LogP contribution in [0.4, 0.5) is 0 Å². The average molecular weight is 176 g/mol. The SMILES string of the molecule is CCc1cc(O)cc2c1CCC2=O. The first-order chi connectivity index (χ1) is 6.22. The van der Waals surface area contributed by atoms with Gasteiger partial charge in [0.2, 0.25) is 0 Å². The molecule has 13 heavy (non-hydrogen) atoms. The molecule has 0 unspecified atom stereocenters. The quantitative estimate of drug-likeness (QED) is 0.711. The number of Topliss-reactive ketones (excluding diaryl/α,β-unsaturated/α-hetero) is 1. The van der Waals surface area contributed by atoms with Crippen LogP contribution in [-0.4, -0.2) is 10.9 Å². The van der Waals surface area contributed by atoms with E-state index in [0.29, 0.717) is 6.42 Å². The van der Waals surface area contributed by atoms with Gasteiger partial charge in [-0.1, -0.05) is 6.92 Å². The Bertz CT molecular complexity index is 367. The summed E-state index contributed by atoms with van der Waals surface area (Å²) in [6.45, 7) is 2.04. The first-order valence-corrected chi connectivity index (χ1v) is 4.60. The number of ketones is 1. The second kappa shape index (κ2) is 2.87. The number of benzene rings is 1. The average Bonchev–Trinajstić information content (AvgIpc) is 2.47. The minimum atomic E-state index is 0.167. The topological polar surface area (TPSA) is 37.3 Å². The van der Waals surface area contributed by atoms with Crippen LogP contribution >= 0.6 is 0 Å². The van der Waals surface area contributed by atoms with Crippen molar-refractivity contribution in [1.29, 1.82) is 0 Å². The number of rotatable bonds is 1. The van der Waals surface area contributed by atoms with Gasteiger partial charge in [0.25, 0.3) is 0 Å². The molecule has 1 N–H and O–H groups in total. The number of aromatic hydroxyl groups is 1. The molecule has 0 bridgehead atoms. The van der Waals surface area contributed by atoms with Crippen molar-refractivity contribution >= 4 is 5.78 Å². The fraction of sp³-hybridized carbons (Fsp3) is 0.364. The Hall–Kier alpha value is -1.31. The Balaban J connectivity index is 2.63. The van der Waals surface area contributed by atoms with Crippen LogP contribution in [0, 0.1) is 0 Å². The molecule has 0 heterocycles. The molecule has 2 heteroatoms. The fourth-order valence-electron chi connectivity index (χ4n) is 1.95. The first kappa shape index (κ1) is 8.30. The monoisotopic (exact) mass is 176 g/mol. The largest absolute Gasteiger partial charge is 0.508 e. The van der Waals surface area contributed by atoms with E-state index in [0.717, 1.165) is 29.5 Å². The molecule has 0 atom stereocenters. The molecule has 0 spiro atoms. The maximum absolute atomic E-state index is 11.4. The smallest absolute Gasteiger partial charge is 0.163 e. The van der Waals surface area contributed by atoms with Crippen molar-refractivity contribution in [2.75, 3.05) is 0 Å². The number of phenols is 1. The van der Waals surface area contributed by atoms with Crippen LogP contribution in [0.15, 0.2) is 12.1 Å². The molecule has 1 aromatic carbocycles. The number of carbonyl (C=O) groups is 1. The Kier molecular flexibility index (Phi) is 1.83. The Labute approximate surface area is 77.2 Å². The van der Waals surface area contributed by atoms with Gasteiger partial charge in [-0.3, -0.25) is 4.79 Å². The minimum absolute atomic E-state index is 0.167. The summed E-state index contributed by atoms with van der Waals surface area (Å²) in [6, 6.07) is 3.35. The van der Waals surface area contributed by atoms with Gasteiger partial charge in [0.15, 0.2) is 5.78 Å². The molecular weight excluding hydrogens is 164 g/mol. The summed E-state index contributed by atoms with van der Waals surface area (Å²) in [5, 5.41) is 9.37. The number of hydrogen-bond acceptors (Lipinski definition) is 2. The predicted octanol–water partition coefficient (Wildman–Crippen LogP) is 2.08. The van der Waals surface area contributed by atoms with Gasteiger partial charge in [-0.2, -0.15) is 0 Å². The summed E-state index contributed by atoms with van der Waals surface area (Å²) >= 11 is 0. The van der Waals surface area contributed by atoms with Crippen molar-refractivity contribution in [3.05, 3.63) is 28.8 Å². The molecule has 0 saturated heterocycles. The van der Waals surface area contributed by atoms with Gasteiger partial charge in [0.1, 0.15) is 5.75 Å². The molecule has 1 aliphatic carbocycles. The summed E-state index contributed by atoms with van der Waals surface area (Å²) in [7, 11) is 0. The second-order valence-electron chi connectivity index (χ2n) is 3.41. The first-order valence-electron chi connectivity index (χ1n) is 4.60. The van der Waals surface area contributed by atoms with Crippen LogP contribution in [0.25, 0.3) is 0 Å². The summed E-state index contributed by atoms with van der Waals surface area (Å²) in [6.07, 6.45) is 2.33. The van der Waals surface area contributed by atoms with Crippen molar-refractivity contribution in [1.82, 2.24) is 0 Å². The lowest BCUT2D eigenvalue weighted by Crippen LogP contribution is -1.94. The van der Waals surface area contributed by atoms with E-state index in [2.05, 4.69) is 0 Å². The maximum Gasteiger partial charge on any atom is 0.163 e. The van der Waals surface area contributed by atoms with Crippen molar-refractivity contribution in [2.24, 2.45) is 0 Å². The highest BCUT2D eigenvalue weighted by atomic mass is 16.3. The van der Waals surface area contributed by atoms with Crippen LogP contribution < -0.4 is 0 Å². The van der Waals surface area contributed by atoms with Gasteiger partial charge in [-0.05, 0) is 36.1 Å². The Morgan fingerprint density at radius 2 is 2.15 bits per heavy atom.